The van der Waals surface area contributed by atoms with Gasteiger partial charge in [-0.05, 0) is 30.9 Å². The van der Waals surface area contributed by atoms with Crippen molar-refractivity contribution < 1.29 is 4.74 Å². The maximum Gasteiger partial charge on any atom is 0.123 e. The van der Waals surface area contributed by atoms with E-state index in [4.69, 9.17) is 22.1 Å². The molecule has 16 heavy (non-hydrogen) atoms. The molecule has 0 amide bonds. The van der Waals surface area contributed by atoms with Crippen molar-refractivity contribution in [3.63, 3.8) is 0 Å². The minimum absolute atomic E-state index is 0.459. The van der Waals surface area contributed by atoms with Crippen LogP contribution >= 0.6 is 11.6 Å². The Kier molecular flexibility index (Phi) is 4.02. The number of nitrogens with two attached hydrogens (primary N) is 1. The molecule has 1 fully saturated rings. The Balaban J connectivity index is 1.82. The molecular formula is C12H17ClN2O. The highest BCUT2D eigenvalue weighted by atomic mass is 35.5. The van der Waals surface area contributed by atoms with Crippen molar-refractivity contribution in [2.24, 2.45) is 5.92 Å². The number of anilines is 1. The Bertz CT molecular complexity index is 351. The van der Waals surface area contributed by atoms with E-state index >= 15 is 0 Å². The van der Waals surface area contributed by atoms with Gasteiger partial charge in [-0.1, -0.05) is 24.4 Å². The number of pyridine rings is 1. The zero-order chi connectivity index (χ0) is 11.4. The second kappa shape index (κ2) is 5.51. The molecule has 88 valence electrons. The predicted molar refractivity (Wildman–Crippen MR) is 65.3 cm³/mol. The number of hydrogen-bond donors (Lipinski definition) is 1. The Hall–Kier alpha value is -0.800. The number of ether oxygens (including phenoxy) is 1. The Labute approximate surface area is 101 Å². The fraction of sp³-hybridized carbons (Fsp3) is 0.583. The maximum atomic E-state index is 5.99. The summed E-state index contributed by atoms with van der Waals surface area (Å²) in [6, 6.07) is 3.46. The van der Waals surface area contributed by atoms with Gasteiger partial charge >= 0.3 is 0 Å². The molecule has 0 radical (unpaired) electrons. The molecule has 1 aliphatic carbocycles. The fourth-order valence-electron chi connectivity index (χ4n) is 2.10. The van der Waals surface area contributed by atoms with Crippen LogP contribution in [0.2, 0.25) is 5.02 Å². The van der Waals surface area contributed by atoms with E-state index in [1.807, 2.05) is 0 Å². The van der Waals surface area contributed by atoms with Crippen LogP contribution in [0.4, 0.5) is 5.82 Å². The molecule has 0 aliphatic heterocycles. The Morgan fingerprint density at radius 3 is 2.88 bits per heavy atom. The summed E-state index contributed by atoms with van der Waals surface area (Å²) >= 11 is 5.99. The van der Waals surface area contributed by atoms with Crippen LogP contribution in [0.3, 0.4) is 0 Å². The van der Waals surface area contributed by atoms with E-state index in [9.17, 15) is 0 Å². The SMILES string of the molecule is Nc1ccc(Cl)c(COCC2CCCC2)n1. The van der Waals surface area contributed by atoms with Gasteiger partial charge in [-0.15, -0.1) is 0 Å². The quantitative estimate of drug-likeness (QED) is 0.880. The highest BCUT2D eigenvalue weighted by Gasteiger charge is 2.15. The third-order valence-corrected chi connectivity index (χ3v) is 3.35. The Morgan fingerprint density at radius 1 is 1.38 bits per heavy atom. The summed E-state index contributed by atoms with van der Waals surface area (Å²) in [5, 5.41) is 0.626. The zero-order valence-electron chi connectivity index (χ0n) is 9.29. The van der Waals surface area contributed by atoms with Crippen LogP contribution in [0.25, 0.3) is 0 Å². The van der Waals surface area contributed by atoms with Gasteiger partial charge in [-0.25, -0.2) is 4.98 Å². The average Bonchev–Trinajstić information content (AvgIpc) is 2.76. The minimum Gasteiger partial charge on any atom is -0.384 e. The van der Waals surface area contributed by atoms with Crippen LogP contribution in [0.1, 0.15) is 31.4 Å². The van der Waals surface area contributed by atoms with Gasteiger partial charge in [-0.3, -0.25) is 0 Å². The number of aromatic nitrogens is 1. The first kappa shape index (κ1) is 11.7. The molecule has 0 bridgehead atoms. The van der Waals surface area contributed by atoms with Gasteiger partial charge in [0.25, 0.3) is 0 Å². The summed E-state index contributed by atoms with van der Waals surface area (Å²) in [5.74, 6) is 1.21. The molecule has 1 aromatic rings. The molecule has 4 heteroatoms. The third-order valence-electron chi connectivity index (χ3n) is 3.01. The van der Waals surface area contributed by atoms with Crippen LogP contribution in [0.15, 0.2) is 12.1 Å². The molecule has 0 spiro atoms. The first-order valence-electron chi connectivity index (χ1n) is 5.74. The van der Waals surface area contributed by atoms with Crippen molar-refractivity contribution in [1.82, 2.24) is 4.98 Å². The standard InChI is InChI=1S/C12H17ClN2O/c13-10-5-6-12(14)15-11(10)8-16-7-9-3-1-2-4-9/h5-6,9H,1-4,7-8H2,(H2,14,15). The van der Waals surface area contributed by atoms with E-state index in [0.29, 0.717) is 17.4 Å². The van der Waals surface area contributed by atoms with Gasteiger partial charge in [0.05, 0.1) is 17.3 Å². The second-order valence-electron chi connectivity index (χ2n) is 4.33. The summed E-state index contributed by atoms with van der Waals surface area (Å²) in [6.07, 6.45) is 5.26. The molecule has 2 N–H and O–H groups in total. The normalized spacial score (nSPS) is 16.8. The first-order chi connectivity index (χ1) is 7.75. The van der Waals surface area contributed by atoms with Gasteiger partial charge in [0.15, 0.2) is 0 Å². The lowest BCUT2D eigenvalue weighted by Gasteiger charge is -2.10. The van der Waals surface area contributed by atoms with Gasteiger partial charge in [0.1, 0.15) is 5.82 Å². The van der Waals surface area contributed by atoms with E-state index in [0.717, 1.165) is 18.2 Å². The molecule has 1 heterocycles. The fourth-order valence-corrected chi connectivity index (χ4v) is 2.26. The van der Waals surface area contributed by atoms with E-state index in [1.54, 1.807) is 12.1 Å². The van der Waals surface area contributed by atoms with Crippen LogP contribution < -0.4 is 5.73 Å². The average molecular weight is 241 g/mol. The first-order valence-corrected chi connectivity index (χ1v) is 6.12. The molecule has 0 saturated heterocycles. The summed E-state index contributed by atoms with van der Waals surface area (Å²) < 4.78 is 5.64. The van der Waals surface area contributed by atoms with Crippen molar-refractivity contribution in [3.8, 4) is 0 Å². The second-order valence-corrected chi connectivity index (χ2v) is 4.74. The summed E-state index contributed by atoms with van der Waals surface area (Å²) in [6.45, 7) is 1.27. The third kappa shape index (κ3) is 3.09. The summed E-state index contributed by atoms with van der Waals surface area (Å²) in [7, 11) is 0. The molecule has 1 aliphatic rings. The topological polar surface area (TPSA) is 48.1 Å². The highest BCUT2D eigenvalue weighted by Crippen LogP contribution is 2.25. The number of rotatable bonds is 4. The maximum absolute atomic E-state index is 5.99. The Morgan fingerprint density at radius 2 is 2.12 bits per heavy atom. The molecular weight excluding hydrogens is 224 g/mol. The largest absolute Gasteiger partial charge is 0.384 e. The summed E-state index contributed by atoms with van der Waals surface area (Å²) in [5.41, 5.74) is 6.33. The lowest BCUT2D eigenvalue weighted by Crippen LogP contribution is -2.07. The van der Waals surface area contributed by atoms with Gasteiger partial charge < -0.3 is 10.5 Å². The lowest BCUT2D eigenvalue weighted by molar-refractivity contribution is 0.0868. The van der Waals surface area contributed by atoms with Crippen LogP contribution in [0, 0.1) is 5.92 Å². The molecule has 3 nitrogen and oxygen atoms in total. The number of halogens is 1. The van der Waals surface area contributed by atoms with Crippen molar-refractivity contribution in [2.75, 3.05) is 12.3 Å². The monoisotopic (exact) mass is 240 g/mol. The van der Waals surface area contributed by atoms with Crippen LogP contribution in [-0.4, -0.2) is 11.6 Å². The van der Waals surface area contributed by atoms with Crippen molar-refractivity contribution >= 4 is 17.4 Å². The van der Waals surface area contributed by atoms with E-state index in [1.165, 1.54) is 25.7 Å². The molecule has 1 aromatic heterocycles. The molecule has 0 unspecified atom stereocenters. The number of nitrogen functional groups attached to an aromatic ring is 1. The van der Waals surface area contributed by atoms with Gasteiger partial charge in [-0.2, -0.15) is 0 Å². The predicted octanol–water partition coefficient (Wildman–Crippen LogP) is 3.02. The van der Waals surface area contributed by atoms with Crippen molar-refractivity contribution in [3.05, 3.63) is 22.8 Å². The molecule has 1 saturated carbocycles. The van der Waals surface area contributed by atoms with E-state index in [2.05, 4.69) is 4.98 Å². The van der Waals surface area contributed by atoms with Crippen molar-refractivity contribution in [2.45, 2.75) is 32.3 Å². The molecule has 2 rings (SSSR count). The lowest BCUT2D eigenvalue weighted by atomic mass is 10.1. The minimum atomic E-state index is 0.459. The van der Waals surface area contributed by atoms with E-state index < -0.39 is 0 Å². The number of nitrogens with zero attached hydrogens (tertiary/aromatic N) is 1. The van der Waals surface area contributed by atoms with Crippen LogP contribution in [0.5, 0.6) is 0 Å². The highest BCUT2D eigenvalue weighted by molar-refractivity contribution is 6.31. The van der Waals surface area contributed by atoms with Crippen LogP contribution in [-0.2, 0) is 11.3 Å². The smallest absolute Gasteiger partial charge is 0.123 e. The van der Waals surface area contributed by atoms with Gasteiger partial charge in [0, 0.05) is 6.61 Å². The van der Waals surface area contributed by atoms with E-state index in [-0.39, 0.29) is 0 Å². The number of hydrogen-bond acceptors (Lipinski definition) is 3. The van der Waals surface area contributed by atoms with Gasteiger partial charge in [0.2, 0.25) is 0 Å². The van der Waals surface area contributed by atoms with Crippen molar-refractivity contribution in [1.29, 1.82) is 0 Å². The molecule has 0 aromatic carbocycles. The summed E-state index contributed by atoms with van der Waals surface area (Å²) in [4.78, 5) is 4.16. The zero-order valence-corrected chi connectivity index (χ0v) is 10.0. The molecule has 0 atom stereocenters.